The Hall–Kier alpha value is -0.830. The average molecular weight is 391 g/mol. The van der Waals surface area contributed by atoms with Gasteiger partial charge < -0.3 is 14.8 Å². The Morgan fingerprint density at radius 2 is 2.00 bits per heavy atom. The van der Waals surface area contributed by atoms with Gasteiger partial charge in [0.15, 0.2) is 11.5 Å². The van der Waals surface area contributed by atoms with Crippen molar-refractivity contribution in [1.29, 1.82) is 0 Å². The quantitative estimate of drug-likeness (QED) is 0.845. The second kappa shape index (κ2) is 6.35. The van der Waals surface area contributed by atoms with Crippen molar-refractivity contribution < 1.29 is 17.9 Å². The second-order valence-corrected chi connectivity index (χ2v) is 8.11. The third-order valence-electron chi connectivity index (χ3n) is 3.95. The smallest absolute Gasteiger partial charge is 0.244 e. The number of fused-ring (bicyclic) bond motifs is 1. The largest absolute Gasteiger partial charge is 0.486 e. The summed E-state index contributed by atoms with van der Waals surface area (Å²) in [7, 11) is -1.73. The number of hydrogen-bond donors (Lipinski definition) is 1. The maximum absolute atomic E-state index is 13.0. The average Bonchev–Trinajstić information content (AvgIpc) is 2.96. The molecular weight excluding hydrogens is 372 g/mol. The first-order valence-electron chi connectivity index (χ1n) is 7.29. The Kier molecular flexibility index (Phi) is 4.63. The van der Waals surface area contributed by atoms with Crippen LogP contribution in [0.1, 0.15) is 12.8 Å². The predicted octanol–water partition coefficient (Wildman–Crippen LogP) is 1.59. The van der Waals surface area contributed by atoms with Crippen LogP contribution in [0.5, 0.6) is 11.5 Å². The first-order chi connectivity index (χ1) is 10.5. The number of ether oxygens (including phenoxy) is 2. The Balaban J connectivity index is 1.98. The molecule has 0 unspecified atom stereocenters. The second-order valence-electron chi connectivity index (χ2n) is 5.40. The van der Waals surface area contributed by atoms with E-state index in [1.165, 1.54) is 0 Å². The number of hydrogen-bond acceptors (Lipinski definition) is 5. The summed E-state index contributed by atoms with van der Waals surface area (Å²) in [6.45, 7) is 2.11. The minimum Gasteiger partial charge on any atom is -0.486 e. The zero-order chi connectivity index (χ0) is 15.7. The molecule has 0 saturated carbocycles. The highest BCUT2D eigenvalue weighted by Crippen LogP contribution is 2.39. The number of nitrogens with one attached hydrogen (secondary N) is 1. The Bertz CT molecular complexity index is 665. The zero-order valence-electron chi connectivity index (χ0n) is 12.3. The Labute approximate surface area is 139 Å². The lowest BCUT2D eigenvalue weighted by Crippen LogP contribution is -2.40. The molecule has 0 aliphatic carbocycles. The standard InChI is InChI=1S/C14H19BrN2O4S/c1-16-9-10-3-2-4-17(10)22(18,19)14-8-13-12(7-11(14)15)20-5-6-21-13/h7-8,10,16H,2-6,9H2,1H3/t10-/m0/s1. The normalized spacial score (nSPS) is 22.0. The van der Waals surface area contributed by atoms with Crippen molar-refractivity contribution in [2.24, 2.45) is 0 Å². The number of sulfonamides is 1. The van der Waals surface area contributed by atoms with Crippen LogP contribution in [0, 0.1) is 0 Å². The van der Waals surface area contributed by atoms with Crippen molar-refractivity contribution in [2.45, 2.75) is 23.8 Å². The van der Waals surface area contributed by atoms with E-state index in [0.717, 1.165) is 12.8 Å². The van der Waals surface area contributed by atoms with Gasteiger partial charge in [-0.15, -0.1) is 0 Å². The van der Waals surface area contributed by atoms with Gasteiger partial charge in [0.1, 0.15) is 18.1 Å². The molecule has 0 spiro atoms. The molecule has 2 heterocycles. The Morgan fingerprint density at radius 1 is 1.32 bits per heavy atom. The van der Waals surface area contributed by atoms with Crippen molar-refractivity contribution in [2.75, 3.05) is 33.4 Å². The molecular formula is C14H19BrN2O4S. The summed E-state index contributed by atoms with van der Waals surface area (Å²) in [5.41, 5.74) is 0. The van der Waals surface area contributed by atoms with Crippen LogP contribution >= 0.6 is 15.9 Å². The van der Waals surface area contributed by atoms with Gasteiger partial charge in [-0.05, 0) is 41.9 Å². The first kappa shape index (κ1) is 16.0. The van der Waals surface area contributed by atoms with Gasteiger partial charge in [-0.25, -0.2) is 8.42 Å². The van der Waals surface area contributed by atoms with Gasteiger partial charge >= 0.3 is 0 Å². The van der Waals surface area contributed by atoms with Crippen LogP contribution in [-0.4, -0.2) is 52.1 Å². The van der Waals surface area contributed by atoms with Crippen LogP contribution in [0.25, 0.3) is 0 Å². The lowest BCUT2D eigenvalue weighted by Gasteiger charge is -2.26. The minimum absolute atomic E-state index is 0.00454. The number of likely N-dealkylation sites (N-methyl/N-ethyl adjacent to an activating group) is 1. The molecule has 122 valence electrons. The third-order valence-corrected chi connectivity index (χ3v) is 6.86. The van der Waals surface area contributed by atoms with Crippen LogP contribution in [-0.2, 0) is 10.0 Å². The monoisotopic (exact) mass is 390 g/mol. The molecule has 1 atom stereocenters. The summed E-state index contributed by atoms with van der Waals surface area (Å²) in [6.07, 6.45) is 1.76. The van der Waals surface area contributed by atoms with Crippen molar-refractivity contribution in [3.63, 3.8) is 0 Å². The highest BCUT2D eigenvalue weighted by Gasteiger charge is 2.36. The summed E-state index contributed by atoms with van der Waals surface area (Å²) in [5, 5.41) is 3.07. The first-order valence-corrected chi connectivity index (χ1v) is 9.53. The van der Waals surface area contributed by atoms with Gasteiger partial charge in [0.2, 0.25) is 10.0 Å². The molecule has 1 aromatic rings. The minimum atomic E-state index is -3.56. The molecule has 1 N–H and O–H groups in total. The molecule has 0 radical (unpaired) electrons. The van der Waals surface area contributed by atoms with E-state index in [0.29, 0.717) is 42.3 Å². The summed E-state index contributed by atoms with van der Waals surface area (Å²) >= 11 is 3.36. The molecule has 6 nitrogen and oxygen atoms in total. The van der Waals surface area contributed by atoms with Gasteiger partial charge in [-0.1, -0.05) is 0 Å². The zero-order valence-corrected chi connectivity index (χ0v) is 14.7. The molecule has 1 aromatic carbocycles. The fraction of sp³-hybridized carbons (Fsp3) is 0.571. The van der Waals surface area contributed by atoms with E-state index in [-0.39, 0.29) is 10.9 Å². The van der Waals surface area contributed by atoms with E-state index in [9.17, 15) is 8.42 Å². The summed E-state index contributed by atoms with van der Waals surface area (Å²) in [5.74, 6) is 1.06. The van der Waals surface area contributed by atoms with Gasteiger partial charge in [0.05, 0.1) is 0 Å². The van der Waals surface area contributed by atoms with Crippen molar-refractivity contribution >= 4 is 26.0 Å². The molecule has 2 aliphatic rings. The molecule has 0 aromatic heterocycles. The van der Waals surface area contributed by atoms with Crippen LogP contribution in [0.15, 0.2) is 21.5 Å². The number of halogens is 1. The van der Waals surface area contributed by atoms with Crippen LogP contribution in [0.4, 0.5) is 0 Å². The lowest BCUT2D eigenvalue weighted by molar-refractivity contribution is 0.171. The van der Waals surface area contributed by atoms with E-state index >= 15 is 0 Å². The predicted molar refractivity (Wildman–Crippen MR) is 86.0 cm³/mol. The summed E-state index contributed by atoms with van der Waals surface area (Å²) in [6, 6.07) is 3.22. The van der Waals surface area contributed by atoms with Gasteiger partial charge in [0, 0.05) is 29.7 Å². The van der Waals surface area contributed by atoms with E-state index in [1.54, 1.807) is 16.4 Å². The molecule has 2 aliphatic heterocycles. The number of nitrogens with zero attached hydrogens (tertiary/aromatic N) is 1. The van der Waals surface area contributed by atoms with Gasteiger partial charge in [-0.2, -0.15) is 4.31 Å². The number of benzene rings is 1. The molecule has 8 heteroatoms. The lowest BCUT2D eigenvalue weighted by atomic mass is 10.2. The summed E-state index contributed by atoms with van der Waals surface area (Å²) < 4.78 is 39.1. The van der Waals surface area contributed by atoms with E-state index < -0.39 is 10.0 Å². The highest BCUT2D eigenvalue weighted by molar-refractivity contribution is 9.10. The van der Waals surface area contributed by atoms with Gasteiger partial charge in [-0.3, -0.25) is 0 Å². The molecule has 1 fully saturated rings. The SMILES string of the molecule is CNC[C@@H]1CCCN1S(=O)(=O)c1cc2c(cc1Br)OCCO2. The summed E-state index contributed by atoms with van der Waals surface area (Å²) in [4.78, 5) is 0.236. The van der Waals surface area contributed by atoms with Crippen LogP contribution < -0.4 is 14.8 Å². The molecule has 0 bridgehead atoms. The number of rotatable bonds is 4. The van der Waals surface area contributed by atoms with Crippen molar-refractivity contribution in [3.8, 4) is 11.5 Å². The fourth-order valence-electron chi connectivity index (χ4n) is 2.93. The van der Waals surface area contributed by atoms with Crippen molar-refractivity contribution in [3.05, 3.63) is 16.6 Å². The van der Waals surface area contributed by atoms with E-state index in [2.05, 4.69) is 21.2 Å². The third kappa shape index (κ3) is 2.84. The maximum atomic E-state index is 13.0. The topological polar surface area (TPSA) is 67.9 Å². The molecule has 22 heavy (non-hydrogen) atoms. The van der Waals surface area contributed by atoms with Gasteiger partial charge in [0.25, 0.3) is 0 Å². The Morgan fingerprint density at radius 3 is 2.68 bits per heavy atom. The highest BCUT2D eigenvalue weighted by atomic mass is 79.9. The van der Waals surface area contributed by atoms with Crippen LogP contribution in [0.2, 0.25) is 0 Å². The fourth-order valence-corrected chi connectivity index (χ4v) is 5.63. The van der Waals surface area contributed by atoms with Crippen LogP contribution in [0.3, 0.4) is 0 Å². The molecule has 0 amide bonds. The maximum Gasteiger partial charge on any atom is 0.244 e. The molecule has 3 rings (SSSR count). The van der Waals surface area contributed by atoms with E-state index in [1.807, 2.05) is 7.05 Å². The van der Waals surface area contributed by atoms with E-state index in [4.69, 9.17) is 9.47 Å². The molecule has 1 saturated heterocycles. The van der Waals surface area contributed by atoms with Crippen molar-refractivity contribution in [1.82, 2.24) is 9.62 Å².